The molecule has 1 amide bonds. The number of hydroxylamine groups is 2. The van der Waals surface area contributed by atoms with Crippen molar-refractivity contribution in [3.63, 3.8) is 0 Å². The molecule has 3 aliphatic heterocycles. The van der Waals surface area contributed by atoms with E-state index in [0.717, 1.165) is 48.3 Å². The summed E-state index contributed by atoms with van der Waals surface area (Å²) in [6, 6.07) is 40.4. The predicted molar refractivity (Wildman–Crippen MR) is 262 cm³/mol. The third-order valence-corrected chi connectivity index (χ3v) is 12.6. The summed E-state index contributed by atoms with van der Waals surface area (Å²) in [5, 5.41) is 1.23. The summed E-state index contributed by atoms with van der Waals surface area (Å²) in [6.45, 7) is 14.0. The quantitative estimate of drug-likeness (QED) is 0.0531. The zero-order chi connectivity index (χ0) is 47.1. The molecule has 0 unspecified atom stereocenters. The Morgan fingerprint density at radius 2 is 0.868 bits per heavy atom. The molecule has 368 valence electrons. The van der Waals surface area contributed by atoms with Crippen LogP contribution in [0.15, 0.2) is 121 Å². The van der Waals surface area contributed by atoms with Crippen LogP contribution >= 0.6 is 0 Å². The number of carbonyl (C=O) groups is 2. The van der Waals surface area contributed by atoms with Crippen molar-refractivity contribution < 1.29 is 66.4 Å². The van der Waals surface area contributed by atoms with Gasteiger partial charge in [-0.2, -0.15) is 0 Å². The number of benzene rings is 4. The predicted octanol–water partition coefficient (Wildman–Crippen LogP) is 7.58. The standard InChI is InChI=1S/C26H35NO5.C25H32O4.C4H8O.CH3.Li/c1-5-22-19(2)25(30-17-20-12-8-6-9-13-20)26(31-18-21-14-10-7-11-15-21)23(32-22)16-24(28)27(3)29-4;1-4-22-19(3)24(27-16-20-11-7-5-8-12-20)25(23(29-22)15-18(2)26)28-17-21-13-9-6-10-14-21;1-2-4-5-3-1;;/h6-15,19,22-23,25-26H,5,16-18H2,1-4H3;5-14,19,22-25H,4,15-17H2,1-3H3;1-4H2;1H3;/q;;;-1;+1/t19-,22+,23-,25-,26-;19-,22+,23-,24-,25-;;;/m00.../s1. The molecule has 3 fully saturated rings. The molecule has 7 rings (SSSR count). The van der Waals surface area contributed by atoms with Crippen molar-refractivity contribution in [3.05, 3.63) is 151 Å². The molecule has 4 aromatic carbocycles. The molecule has 3 heterocycles. The number of hydrogen-bond acceptors (Lipinski definition) is 10. The van der Waals surface area contributed by atoms with Crippen molar-refractivity contribution in [2.24, 2.45) is 11.8 Å². The van der Waals surface area contributed by atoms with E-state index in [1.54, 1.807) is 14.0 Å². The molecule has 11 nitrogen and oxygen atoms in total. The van der Waals surface area contributed by atoms with Crippen LogP contribution in [0, 0.1) is 19.3 Å². The fraction of sp³-hybridized carbons (Fsp3) is 0.518. The van der Waals surface area contributed by atoms with Gasteiger partial charge in [0.25, 0.3) is 0 Å². The summed E-state index contributed by atoms with van der Waals surface area (Å²) in [4.78, 5) is 29.6. The monoisotopic (exact) mass is 932 g/mol. The van der Waals surface area contributed by atoms with Crippen LogP contribution < -0.4 is 18.9 Å². The fourth-order valence-corrected chi connectivity index (χ4v) is 8.72. The minimum absolute atomic E-state index is 0. The van der Waals surface area contributed by atoms with Crippen molar-refractivity contribution >= 4 is 11.7 Å². The average Bonchev–Trinajstić information content (AvgIpc) is 3.95. The molecule has 0 bridgehead atoms. The van der Waals surface area contributed by atoms with Crippen molar-refractivity contribution in [2.75, 3.05) is 27.4 Å². The first kappa shape index (κ1) is 58.6. The third-order valence-electron chi connectivity index (χ3n) is 12.6. The van der Waals surface area contributed by atoms with E-state index in [4.69, 9.17) is 38.0 Å². The van der Waals surface area contributed by atoms with E-state index in [-0.39, 0.29) is 99.0 Å². The van der Waals surface area contributed by atoms with E-state index >= 15 is 0 Å². The van der Waals surface area contributed by atoms with Gasteiger partial charge in [0.2, 0.25) is 5.91 Å². The average molecular weight is 932 g/mol. The summed E-state index contributed by atoms with van der Waals surface area (Å²) in [5.74, 6) is 0.246. The maximum absolute atomic E-state index is 12.6. The molecule has 12 heteroatoms. The van der Waals surface area contributed by atoms with E-state index in [0.29, 0.717) is 32.8 Å². The van der Waals surface area contributed by atoms with E-state index in [9.17, 15) is 9.59 Å². The fourth-order valence-electron chi connectivity index (χ4n) is 8.72. The number of rotatable bonds is 19. The summed E-state index contributed by atoms with van der Waals surface area (Å²) in [6.07, 6.45) is 3.08. The Kier molecular flexibility index (Phi) is 27.8. The number of nitrogens with zero attached hydrogens (tertiary/aromatic N) is 1. The van der Waals surface area contributed by atoms with E-state index in [1.165, 1.54) is 25.0 Å². The number of hydrogen-bond donors (Lipinski definition) is 0. The molecule has 3 saturated heterocycles. The summed E-state index contributed by atoms with van der Waals surface area (Å²) >= 11 is 0. The van der Waals surface area contributed by atoms with E-state index < -0.39 is 6.10 Å². The Labute approximate surface area is 420 Å². The van der Waals surface area contributed by atoms with Crippen molar-refractivity contribution in [3.8, 4) is 0 Å². The van der Waals surface area contributed by atoms with Gasteiger partial charge in [0, 0.05) is 38.5 Å². The Hall–Kier alpha value is -3.70. The van der Waals surface area contributed by atoms with Crippen LogP contribution in [0.2, 0.25) is 0 Å². The molecule has 0 aromatic heterocycles. The minimum Gasteiger partial charge on any atom is -0.381 e. The van der Waals surface area contributed by atoms with E-state index in [1.807, 2.05) is 97.1 Å². The van der Waals surface area contributed by atoms with Crippen molar-refractivity contribution in [1.29, 1.82) is 0 Å². The van der Waals surface area contributed by atoms with Gasteiger partial charge in [0.15, 0.2) is 0 Å². The Balaban J connectivity index is 0.000000318. The van der Waals surface area contributed by atoms with Gasteiger partial charge < -0.3 is 40.6 Å². The van der Waals surface area contributed by atoms with Crippen LogP contribution in [0.3, 0.4) is 0 Å². The zero-order valence-corrected chi connectivity index (χ0v) is 42.3. The van der Waals surface area contributed by atoms with Crippen LogP contribution in [0.5, 0.6) is 0 Å². The van der Waals surface area contributed by atoms with Crippen molar-refractivity contribution in [1.82, 2.24) is 5.06 Å². The van der Waals surface area contributed by atoms with Gasteiger partial charge in [-0.15, -0.1) is 0 Å². The SMILES string of the molecule is C1CCOC1.CC[C@H]1O[C@@H](CC(=O)N(C)OC)[C@H](OCc2ccccc2)[C@@H](OCc2ccccc2)[C@H]1C.CC[C@H]1O[C@@H](CC(C)=O)[C@H](OCc2ccccc2)[C@@H](OCc2ccccc2)[C@H]1C.[CH3-].[Li+]. The first-order chi connectivity index (χ1) is 32.1. The van der Waals surface area contributed by atoms with Crippen LogP contribution in [0.25, 0.3) is 0 Å². The Bertz CT molecular complexity index is 1920. The van der Waals surface area contributed by atoms with Gasteiger partial charge in [-0.05, 0) is 54.9 Å². The number of ether oxygens (including phenoxy) is 7. The van der Waals surface area contributed by atoms with Crippen LogP contribution in [-0.4, -0.2) is 93.0 Å². The number of Topliss-reactive ketones (excluding diaryl/α,β-unsaturated/α-hetero) is 1. The van der Waals surface area contributed by atoms with E-state index in [2.05, 4.69) is 52.0 Å². The second-order valence-corrected chi connectivity index (χ2v) is 17.5. The van der Waals surface area contributed by atoms with Gasteiger partial charge >= 0.3 is 18.9 Å². The first-order valence-electron chi connectivity index (χ1n) is 23.9. The molecule has 3 aliphatic rings. The maximum Gasteiger partial charge on any atom is 1.00 e. The summed E-state index contributed by atoms with van der Waals surface area (Å²) < 4.78 is 43.3. The second-order valence-electron chi connectivity index (χ2n) is 17.5. The molecule has 0 spiro atoms. The van der Waals surface area contributed by atoms with Gasteiger partial charge in [0.1, 0.15) is 18.0 Å². The molecule has 0 saturated carbocycles. The minimum atomic E-state index is -0.425. The van der Waals surface area contributed by atoms with Gasteiger partial charge in [0.05, 0.1) is 76.6 Å². The van der Waals surface area contributed by atoms with Gasteiger partial charge in [-0.3, -0.25) is 14.4 Å². The van der Waals surface area contributed by atoms with Gasteiger partial charge in [-0.1, -0.05) is 149 Å². The number of carbonyl (C=O) groups excluding carboxylic acids is 2. The van der Waals surface area contributed by atoms with Crippen LogP contribution in [0.4, 0.5) is 0 Å². The van der Waals surface area contributed by atoms with Crippen LogP contribution in [-0.2, 0) is 74.0 Å². The molecule has 0 aliphatic carbocycles. The van der Waals surface area contributed by atoms with Crippen LogP contribution in [0.1, 0.15) is 95.4 Å². The smallest absolute Gasteiger partial charge is 0.381 e. The molecular weight excluding hydrogens is 854 g/mol. The van der Waals surface area contributed by atoms with Crippen molar-refractivity contribution in [2.45, 2.75) is 148 Å². The summed E-state index contributed by atoms with van der Waals surface area (Å²) in [5.41, 5.74) is 4.40. The normalized spacial score (nSPS) is 25.2. The first-order valence-corrected chi connectivity index (χ1v) is 23.9. The Morgan fingerprint density at radius 3 is 1.15 bits per heavy atom. The number of ketones is 1. The molecule has 0 radical (unpaired) electrons. The molecule has 4 aromatic rings. The van der Waals surface area contributed by atoms with Gasteiger partial charge in [-0.25, -0.2) is 5.06 Å². The molecule has 10 atom stereocenters. The second kappa shape index (κ2) is 32.2. The molecule has 0 N–H and O–H groups in total. The topological polar surface area (TPSA) is 111 Å². The largest absolute Gasteiger partial charge is 1.00 e. The molecule has 68 heavy (non-hydrogen) atoms. The third kappa shape index (κ3) is 18.9. The number of amides is 1. The summed E-state index contributed by atoms with van der Waals surface area (Å²) in [7, 11) is 3.08. The maximum atomic E-state index is 12.6. The zero-order valence-electron chi connectivity index (χ0n) is 42.3. The Morgan fingerprint density at radius 1 is 0.544 bits per heavy atom. The molecular formula is C56H78LiNO10.